The summed E-state index contributed by atoms with van der Waals surface area (Å²) in [4.78, 5) is 54.8. The third-order valence-corrected chi connectivity index (χ3v) is 9.38. The summed E-state index contributed by atoms with van der Waals surface area (Å²) >= 11 is 0. The standard InChI is InChI=1S/C38H32O12/c1-15-11-19-25-26-20(12-16(2)50-38(44)18-10-8-7-9-17(18)37(43)49-15)36(48-6)34(42)28-22(40)14-24(46-4)30(32(26)28)29-23(45-3)13-21(39)27(31(25)29)33(41)35(19)47-5/h7-10,13-16,41-42H,11-12H2,1-6H3/t15-,16-/m1/s1. The van der Waals surface area contributed by atoms with Crippen molar-refractivity contribution in [3.8, 4) is 34.5 Å². The number of fused-ring (bicyclic) bond motifs is 2. The van der Waals surface area contributed by atoms with Crippen molar-refractivity contribution < 1.29 is 48.2 Å². The molecule has 1 heterocycles. The zero-order valence-corrected chi connectivity index (χ0v) is 28.0. The molecule has 50 heavy (non-hydrogen) atoms. The van der Waals surface area contributed by atoms with Gasteiger partial charge in [0.25, 0.3) is 0 Å². The number of esters is 2. The predicted octanol–water partition coefficient (Wildman–Crippen LogP) is 5.23. The molecule has 256 valence electrons. The van der Waals surface area contributed by atoms with Crippen LogP contribution in [0.5, 0.6) is 34.5 Å². The third kappa shape index (κ3) is 4.51. The van der Waals surface area contributed by atoms with Gasteiger partial charge in [-0.15, -0.1) is 0 Å². The van der Waals surface area contributed by atoms with Gasteiger partial charge in [-0.3, -0.25) is 9.59 Å². The van der Waals surface area contributed by atoms with Crippen LogP contribution in [-0.4, -0.2) is 62.8 Å². The van der Waals surface area contributed by atoms with Gasteiger partial charge in [0.15, 0.2) is 33.9 Å². The van der Waals surface area contributed by atoms with Crippen molar-refractivity contribution >= 4 is 55.0 Å². The Balaban J connectivity index is 1.79. The van der Waals surface area contributed by atoms with E-state index in [1.807, 2.05) is 0 Å². The second-order valence-corrected chi connectivity index (χ2v) is 12.3. The summed E-state index contributed by atoms with van der Waals surface area (Å²) in [6, 6.07) is 8.56. The van der Waals surface area contributed by atoms with Gasteiger partial charge in [0, 0.05) is 57.6 Å². The molecule has 7 rings (SSSR count). The number of methoxy groups -OCH3 is 4. The van der Waals surface area contributed by atoms with E-state index < -0.39 is 46.5 Å². The molecule has 0 fully saturated rings. The van der Waals surface area contributed by atoms with E-state index in [4.69, 9.17) is 28.4 Å². The molecule has 12 nitrogen and oxygen atoms in total. The molecule has 1 aliphatic heterocycles. The first kappa shape index (κ1) is 32.5. The van der Waals surface area contributed by atoms with Gasteiger partial charge in [-0.1, -0.05) is 12.1 Å². The van der Waals surface area contributed by atoms with Crippen LogP contribution in [0.15, 0.2) is 46.0 Å². The molecule has 0 amide bonds. The van der Waals surface area contributed by atoms with Crippen LogP contribution in [-0.2, 0) is 22.3 Å². The van der Waals surface area contributed by atoms with Crippen LogP contribution in [0.3, 0.4) is 0 Å². The van der Waals surface area contributed by atoms with Crippen LogP contribution in [0.2, 0.25) is 0 Å². The summed E-state index contributed by atoms with van der Waals surface area (Å²) < 4.78 is 34.8. The molecule has 0 saturated heterocycles. The Labute approximate surface area is 283 Å². The van der Waals surface area contributed by atoms with E-state index in [-0.39, 0.29) is 68.5 Å². The first-order chi connectivity index (χ1) is 24.0. The molecular formula is C38H32O12. The Morgan fingerprint density at radius 1 is 0.560 bits per heavy atom. The van der Waals surface area contributed by atoms with Crippen LogP contribution in [0.4, 0.5) is 0 Å². The maximum Gasteiger partial charge on any atom is 0.339 e. The summed E-state index contributed by atoms with van der Waals surface area (Å²) in [6.07, 6.45) is -1.91. The molecule has 0 unspecified atom stereocenters. The van der Waals surface area contributed by atoms with Gasteiger partial charge < -0.3 is 38.6 Å². The minimum atomic E-state index is -0.893. The molecule has 12 heteroatoms. The Morgan fingerprint density at radius 3 is 1.28 bits per heavy atom. The maximum absolute atomic E-state index is 13.9. The largest absolute Gasteiger partial charge is 0.504 e. The minimum Gasteiger partial charge on any atom is -0.504 e. The fraction of sp³-hybridized carbons (Fsp3) is 0.263. The highest BCUT2D eigenvalue weighted by atomic mass is 16.6. The average molecular weight is 681 g/mol. The number of carbonyl (C=O) groups excluding carboxylic acids is 2. The smallest absolute Gasteiger partial charge is 0.339 e. The van der Waals surface area contributed by atoms with E-state index in [1.54, 1.807) is 26.0 Å². The number of hydrogen-bond acceptors (Lipinski definition) is 12. The Morgan fingerprint density at radius 2 is 0.940 bits per heavy atom. The lowest BCUT2D eigenvalue weighted by atomic mass is 9.81. The number of cyclic esters (lactones) is 2. The highest BCUT2D eigenvalue weighted by Gasteiger charge is 2.34. The van der Waals surface area contributed by atoms with E-state index in [1.165, 1.54) is 52.7 Å². The maximum atomic E-state index is 13.9. The Kier molecular flexibility index (Phi) is 7.69. The van der Waals surface area contributed by atoms with Crippen molar-refractivity contribution in [2.24, 2.45) is 0 Å². The van der Waals surface area contributed by atoms with E-state index in [0.717, 1.165) is 0 Å². The number of phenolic OH excluding ortho intramolecular Hbond substituents is 2. The number of hydrogen-bond donors (Lipinski definition) is 2. The molecule has 6 aromatic rings. The van der Waals surface area contributed by atoms with Crippen LogP contribution >= 0.6 is 0 Å². The van der Waals surface area contributed by atoms with E-state index >= 15 is 0 Å². The van der Waals surface area contributed by atoms with Gasteiger partial charge in [0.05, 0.1) is 50.3 Å². The molecule has 2 atom stereocenters. The van der Waals surface area contributed by atoms with Crippen molar-refractivity contribution in [2.45, 2.75) is 38.9 Å². The van der Waals surface area contributed by atoms with E-state index in [9.17, 15) is 29.4 Å². The second kappa shape index (κ2) is 11.8. The predicted molar refractivity (Wildman–Crippen MR) is 185 cm³/mol. The van der Waals surface area contributed by atoms with Gasteiger partial charge in [-0.25, -0.2) is 9.59 Å². The molecule has 0 spiro atoms. The van der Waals surface area contributed by atoms with Crippen LogP contribution < -0.4 is 29.8 Å². The quantitative estimate of drug-likeness (QED) is 0.142. The fourth-order valence-electron chi connectivity index (χ4n) is 7.47. The van der Waals surface area contributed by atoms with E-state index in [0.29, 0.717) is 32.7 Å². The summed E-state index contributed by atoms with van der Waals surface area (Å²) in [5.41, 5.74) is -0.511. The molecule has 0 aliphatic carbocycles. The number of benzene rings is 6. The normalized spacial score (nSPS) is 16.8. The molecule has 0 bridgehead atoms. The van der Waals surface area contributed by atoms with Gasteiger partial charge >= 0.3 is 11.9 Å². The highest BCUT2D eigenvalue weighted by Crippen LogP contribution is 2.55. The first-order valence-corrected chi connectivity index (χ1v) is 15.8. The van der Waals surface area contributed by atoms with Crippen LogP contribution in [0.25, 0.3) is 43.1 Å². The van der Waals surface area contributed by atoms with Crippen molar-refractivity contribution in [3.63, 3.8) is 0 Å². The molecule has 6 aromatic carbocycles. The average Bonchev–Trinajstić information content (AvgIpc) is 3.08. The molecule has 0 saturated carbocycles. The highest BCUT2D eigenvalue weighted by molar-refractivity contribution is 6.38. The molecule has 0 radical (unpaired) electrons. The first-order valence-electron chi connectivity index (χ1n) is 15.8. The molecule has 1 aliphatic rings. The van der Waals surface area contributed by atoms with Gasteiger partial charge in [0.1, 0.15) is 23.7 Å². The number of ether oxygens (including phenoxy) is 6. The topological polar surface area (TPSA) is 164 Å². The monoisotopic (exact) mass is 680 g/mol. The third-order valence-electron chi connectivity index (χ3n) is 9.38. The zero-order chi connectivity index (χ0) is 35.8. The van der Waals surface area contributed by atoms with Crippen LogP contribution in [0, 0.1) is 0 Å². The van der Waals surface area contributed by atoms with Gasteiger partial charge in [0.2, 0.25) is 0 Å². The SMILES string of the molecule is COc1c(O)c2c(=O)cc(OC)c3c4c(OC)cc(=O)c5c(O)c(OC)c6c(c(c1C[C@@H](C)OC(=O)c1ccccc1C(=O)O[C@H](C)C6)c23)c54. The summed E-state index contributed by atoms with van der Waals surface area (Å²) in [7, 11) is 5.44. The summed E-state index contributed by atoms with van der Waals surface area (Å²) in [5.74, 6) is -2.34. The summed E-state index contributed by atoms with van der Waals surface area (Å²) in [6.45, 7) is 3.27. The van der Waals surface area contributed by atoms with Crippen molar-refractivity contribution in [1.82, 2.24) is 0 Å². The molecule has 2 N–H and O–H groups in total. The lowest BCUT2D eigenvalue weighted by Gasteiger charge is -2.27. The number of rotatable bonds is 4. The fourth-order valence-corrected chi connectivity index (χ4v) is 7.47. The van der Waals surface area contributed by atoms with E-state index in [2.05, 4.69) is 0 Å². The zero-order valence-electron chi connectivity index (χ0n) is 28.0. The number of phenols is 2. The van der Waals surface area contributed by atoms with Crippen molar-refractivity contribution in [1.29, 1.82) is 0 Å². The van der Waals surface area contributed by atoms with Crippen molar-refractivity contribution in [2.75, 3.05) is 28.4 Å². The number of carbonyl (C=O) groups is 2. The number of aromatic hydroxyl groups is 2. The van der Waals surface area contributed by atoms with Gasteiger partial charge in [-0.2, -0.15) is 0 Å². The Hall–Kier alpha value is -6.04. The summed E-state index contributed by atoms with van der Waals surface area (Å²) in [5, 5.41) is 25.2. The lowest BCUT2D eigenvalue weighted by molar-refractivity contribution is 0.0292. The second-order valence-electron chi connectivity index (χ2n) is 12.3. The van der Waals surface area contributed by atoms with Crippen molar-refractivity contribution in [3.05, 3.63) is 79.1 Å². The minimum absolute atomic E-state index is 0.00683. The Bertz CT molecular complexity index is 2350. The van der Waals surface area contributed by atoms with Gasteiger partial charge in [-0.05, 0) is 36.8 Å². The molecular weight excluding hydrogens is 648 g/mol. The molecule has 0 aromatic heterocycles. The van der Waals surface area contributed by atoms with Crippen LogP contribution in [0.1, 0.15) is 45.7 Å². The lowest BCUT2D eigenvalue weighted by Crippen LogP contribution is -2.23.